The zero-order valence-electron chi connectivity index (χ0n) is 8.87. The van der Waals surface area contributed by atoms with Gasteiger partial charge in [0.05, 0.1) is 0 Å². The summed E-state index contributed by atoms with van der Waals surface area (Å²) < 4.78 is 58.6. The summed E-state index contributed by atoms with van der Waals surface area (Å²) in [6, 6.07) is 9.12. The summed E-state index contributed by atoms with van der Waals surface area (Å²) in [5, 5.41) is 0. The standard InChI is InChI=1S/C10H12F3NO2S/c11-10(12,13)17(15,16)14-8-4-7-9-5-2-1-3-6-9/h1-3,5-6,14H,4,7-8H2. The van der Waals surface area contributed by atoms with Crippen molar-refractivity contribution in [1.82, 2.24) is 4.72 Å². The first-order valence-corrected chi connectivity index (χ1v) is 6.41. The maximum Gasteiger partial charge on any atom is 0.511 e. The van der Waals surface area contributed by atoms with Crippen molar-refractivity contribution in [3.63, 3.8) is 0 Å². The van der Waals surface area contributed by atoms with Gasteiger partial charge >= 0.3 is 15.5 Å². The molecule has 0 heterocycles. The zero-order chi connectivity index (χ0) is 12.9. The minimum absolute atomic E-state index is 0.225. The molecule has 96 valence electrons. The molecule has 7 heteroatoms. The maximum absolute atomic E-state index is 11.9. The molecule has 3 nitrogen and oxygen atoms in total. The molecule has 1 aromatic rings. The molecule has 0 fully saturated rings. The van der Waals surface area contributed by atoms with Gasteiger partial charge < -0.3 is 0 Å². The SMILES string of the molecule is O=S(=O)(NCCCc1ccccc1)C(F)(F)F. The lowest BCUT2D eigenvalue weighted by Crippen LogP contribution is -2.37. The van der Waals surface area contributed by atoms with E-state index in [2.05, 4.69) is 0 Å². The van der Waals surface area contributed by atoms with Gasteiger partial charge in [-0.05, 0) is 18.4 Å². The second kappa shape index (κ2) is 5.50. The van der Waals surface area contributed by atoms with Crippen LogP contribution in [0.2, 0.25) is 0 Å². The molecular weight excluding hydrogens is 255 g/mol. The molecule has 0 amide bonds. The molecule has 0 saturated carbocycles. The van der Waals surface area contributed by atoms with E-state index >= 15 is 0 Å². The Morgan fingerprint density at radius 2 is 1.71 bits per heavy atom. The van der Waals surface area contributed by atoms with Crippen LogP contribution in [-0.2, 0) is 16.4 Å². The molecule has 17 heavy (non-hydrogen) atoms. The van der Waals surface area contributed by atoms with Gasteiger partial charge in [-0.3, -0.25) is 0 Å². The van der Waals surface area contributed by atoms with Crippen molar-refractivity contribution in [2.45, 2.75) is 18.3 Å². The Morgan fingerprint density at radius 1 is 1.12 bits per heavy atom. The van der Waals surface area contributed by atoms with Crippen LogP contribution >= 0.6 is 0 Å². The van der Waals surface area contributed by atoms with Crippen molar-refractivity contribution >= 4 is 10.0 Å². The normalized spacial score (nSPS) is 12.6. The third-order valence-corrected chi connectivity index (χ3v) is 3.28. The van der Waals surface area contributed by atoms with Gasteiger partial charge in [-0.2, -0.15) is 13.2 Å². The lowest BCUT2D eigenvalue weighted by molar-refractivity contribution is -0.0447. The number of rotatable bonds is 5. The molecule has 0 aliphatic heterocycles. The van der Waals surface area contributed by atoms with Crippen LogP contribution in [0.4, 0.5) is 13.2 Å². The van der Waals surface area contributed by atoms with Gasteiger partial charge in [-0.1, -0.05) is 30.3 Å². The van der Waals surface area contributed by atoms with E-state index in [0.29, 0.717) is 12.8 Å². The first-order valence-electron chi connectivity index (χ1n) is 4.93. The van der Waals surface area contributed by atoms with Gasteiger partial charge in [0.2, 0.25) is 0 Å². The smallest absolute Gasteiger partial charge is 0.207 e. The number of sulfonamides is 1. The lowest BCUT2D eigenvalue weighted by atomic mass is 10.1. The maximum atomic E-state index is 11.9. The Hall–Kier alpha value is -1.08. The quantitative estimate of drug-likeness (QED) is 0.830. The fourth-order valence-electron chi connectivity index (χ4n) is 1.23. The fraction of sp³-hybridized carbons (Fsp3) is 0.400. The average molecular weight is 267 g/mol. The molecule has 0 aliphatic carbocycles. The topological polar surface area (TPSA) is 46.2 Å². The van der Waals surface area contributed by atoms with Crippen LogP contribution in [0.3, 0.4) is 0 Å². The highest BCUT2D eigenvalue weighted by atomic mass is 32.2. The second-order valence-electron chi connectivity index (χ2n) is 3.43. The first-order chi connectivity index (χ1) is 7.83. The predicted molar refractivity (Wildman–Crippen MR) is 57.7 cm³/mol. The van der Waals surface area contributed by atoms with Crippen LogP contribution in [-0.4, -0.2) is 20.5 Å². The van der Waals surface area contributed by atoms with E-state index in [9.17, 15) is 21.6 Å². The summed E-state index contributed by atoms with van der Waals surface area (Å²) in [5.41, 5.74) is -4.28. The van der Waals surface area contributed by atoms with Crippen molar-refractivity contribution in [3.05, 3.63) is 35.9 Å². The number of hydrogen-bond donors (Lipinski definition) is 1. The molecule has 0 unspecified atom stereocenters. The van der Waals surface area contributed by atoms with Crippen molar-refractivity contribution < 1.29 is 21.6 Å². The van der Waals surface area contributed by atoms with Gasteiger partial charge in [0.1, 0.15) is 0 Å². The third kappa shape index (κ3) is 4.35. The Kier molecular flexibility index (Phi) is 4.53. The van der Waals surface area contributed by atoms with E-state index in [1.54, 1.807) is 0 Å². The summed E-state index contributed by atoms with van der Waals surface area (Å²) in [4.78, 5) is 0. The molecule has 0 spiro atoms. The molecule has 0 saturated heterocycles. The third-order valence-electron chi connectivity index (χ3n) is 2.08. The summed E-state index contributed by atoms with van der Waals surface area (Å²) in [6.45, 7) is -0.225. The minimum atomic E-state index is -5.24. The number of benzene rings is 1. The van der Waals surface area contributed by atoms with Crippen LogP contribution < -0.4 is 4.72 Å². The van der Waals surface area contributed by atoms with E-state index in [1.807, 2.05) is 30.3 Å². The Balaban J connectivity index is 2.35. The molecule has 0 bridgehead atoms. The van der Waals surface area contributed by atoms with Crippen molar-refractivity contribution in [1.29, 1.82) is 0 Å². The second-order valence-corrected chi connectivity index (χ2v) is 5.19. The van der Waals surface area contributed by atoms with E-state index in [-0.39, 0.29) is 6.54 Å². The molecule has 0 aliphatic rings. The molecule has 1 N–H and O–H groups in total. The van der Waals surface area contributed by atoms with Gasteiger partial charge in [0, 0.05) is 6.54 Å². The molecule has 0 atom stereocenters. The first kappa shape index (κ1) is 14.0. The molecule has 0 radical (unpaired) electrons. The Labute approximate surface area is 97.7 Å². The molecule has 1 rings (SSSR count). The predicted octanol–water partition coefficient (Wildman–Crippen LogP) is 2.06. The summed E-state index contributed by atoms with van der Waals surface area (Å²) in [5.74, 6) is 0. The lowest BCUT2D eigenvalue weighted by Gasteiger charge is -2.09. The van der Waals surface area contributed by atoms with Gasteiger partial charge in [-0.25, -0.2) is 13.1 Å². The number of hydrogen-bond acceptors (Lipinski definition) is 2. The van der Waals surface area contributed by atoms with E-state index in [1.165, 1.54) is 4.72 Å². The van der Waals surface area contributed by atoms with Crippen LogP contribution in [0.5, 0.6) is 0 Å². The van der Waals surface area contributed by atoms with Gasteiger partial charge in [0.15, 0.2) is 0 Å². The number of alkyl halides is 3. The monoisotopic (exact) mass is 267 g/mol. The van der Waals surface area contributed by atoms with Crippen molar-refractivity contribution in [2.24, 2.45) is 0 Å². The Morgan fingerprint density at radius 3 is 2.24 bits per heavy atom. The molecular formula is C10H12F3NO2S. The van der Waals surface area contributed by atoms with E-state index in [0.717, 1.165) is 5.56 Å². The van der Waals surface area contributed by atoms with Gasteiger partial charge in [-0.15, -0.1) is 0 Å². The van der Waals surface area contributed by atoms with Crippen molar-refractivity contribution in [2.75, 3.05) is 6.54 Å². The Bertz CT molecular complexity index is 442. The highest BCUT2D eigenvalue weighted by molar-refractivity contribution is 7.90. The zero-order valence-corrected chi connectivity index (χ0v) is 9.68. The molecule has 1 aromatic carbocycles. The van der Waals surface area contributed by atoms with Crippen molar-refractivity contribution in [3.8, 4) is 0 Å². The summed E-state index contributed by atoms with van der Waals surface area (Å²) in [7, 11) is -5.20. The average Bonchev–Trinajstić information content (AvgIpc) is 2.24. The largest absolute Gasteiger partial charge is 0.511 e. The summed E-state index contributed by atoms with van der Waals surface area (Å²) >= 11 is 0. The van der Waals surface area contributed by atoms with E-state index < -0.39 is 15.5 Å². The van der Waals surface area contributed by atoms with E-state index in [4.69, 9.17) is 0 Å². The van der Waals surface area contributed by atoms with Crippen LogP contribution in [0.1, 0.15) is 12.0 Å². The number of aryl methyl sites for hydroxylation is 1. The fourth-order valence-corrected chi connectivity index (χ4v) is 1.80. The molecule has 0 aromatic heterocycles. The van der Waals surface area contributed by atoms with Crippen LogP contribution in [0, 0.1) is 0 Å². The summed E-state index contributed by atoms with van der Waals surface area (Å²) in [6.07, 6.45) is 0.848. The highest BCUT2D eigenvalue weighted by Gasteiger charge is 2.45. The van der Waals surface area contributed by atoms with Crippen LogP contribution in [0.25, 0.3) is 0 Å². The van der Waals surface area contributed by atoms with Crippen LogP contribution in [0.15, 0.2) is 30.3 Å². The minimum Gasteiger partial charge on any atom is -0.207 e. The highest BCUT2D eigenvalue weighted by Crippen LogP contribution is 2.21. The van der Waals surface area contributed by atoms with Gasteiger partial charge in [0.25, 0.3) is 0 Å². The number of halogens is 3. The number of nitrogens with one attached hydrogen (secondary N) is 1.